The van der Waals surface area contributed by atoms with Crippen LogP contribution in [0.5, 0.6) is 5.75 Å². The molecule has 30 heavy (non-hydrogen) atoms. The molecule has 3 heterocycles. The number of carbonyl (C=O) groups is 1. The van der Waals surface area contributed by atoms with E-state index < -0.39 is 0 Å². The molecular weight excluding hydrogens is 424 g/mol. The third kappa shape index (κ3) is 5.38. The molecule has 9 heteroatoms. The first kappa shape index (κ1) is 20.8. The maximum Gasteiger partial charge on any atom is 0.228 e. The van der Waals surface area contributed by atoms with Gasteiger partial charge in [-0.1, -0.05) is 17.7 Å². The van der Waals surface area contributed by atoms with E-state index in [9.17, 15) is 4.79 Å². The highest BCUT2D eigenvalue weighted by molar-refractivity contribution is 7.09. The van der Waals surface area contributed by atoms with Crippen molar-refractivity contribution in [2.24, 2.45) is 0 Å². The molecule has 2 aromatic heterocycles. The standard InChI is InChI=1S/C21H23ClN4O3S/c1-14-23-17(13-30-14)11-21(27)26-6-8-29-20(12-26)19-10-16(24-25-19)5-7-28-18-4-2-3-15(22)9-18/h2-4,9-10,13,20H,5-8,11-12H2,1H3,(H,24,25)/t20-/m0/s1. The molecule has 0 aliphatic carbocycles. The van der Waals surface area contributed by atoms with Crippen molar-refractivity contribution < 1.29 is 14.3 Å². The maximum absolute atomic E-state index is 12.6. The molecule has 0 unspecified atom stereocenters. The number of hydrogen-bond donors (Lipinski definition) is 1. The average Bonchev–Trinajstić information content (AvgIpc) is 3.37. The Bertz CT molecular complexity index is 1010. The number of benzene rings is 1. The third-order valence-electron chi connectivity index (χ3n) is 4.83. The van der Waals surface area contributed by atoms with Crippen molar-refractivity contribution in [1.29, 1.82) is 0 Å². The van der Waals surface area contributed by atoms with Gasteiger partial charge >= 0.3 is 0 Å². The summed E-state index contributed by atoms with van der Waals surface area (Å²) in [5, 5.41) is 11.0. The molecule has 0 radical (unpaired) electrons. The van der Waals surface area contributed by atoms with Gasteiger partial charge in [0, 0.05) is 29.1 Å². The number of carbonyl (C=O) groups excluding carboxylic acids is 1. The minimum Gasteiger partial charge on any atom is -0.493 e. The van der Waals surface area contributed by atoms with E-state index in [0.717, 1.165) is 27.8 Å². The molecule has 4 rings (SSSR count). The molecule has 1 aromatic carbocycles. The predicted octanol–water partition coefficient (Wildman–Crippen LogP) is 3.59. The molecule has 1 amide bonds. The molecule has 0 bridgehead atoms. The number of morpholine rings is 1. The molecule has 158 valence electrons. The Hall–Kier alpha value is -2.42. The normalized spacial score (nSPS) is 16.6. The number of amides is 1. The van der Waals surface area contributed by atoms with Gasteiger partial charge in [0.05, 0.1) is 42.6 Å². The van der Waals surface area contributed by atoms with E-state index in [-0.39, 0.29) is 12.0 Å². The first-order valence-electron chi connectivity index (χ1n) is 9.80. The van der Waals surface area contributed by atoms with Crippen LogP contribution in [0, 0.1) is 6.92 Å². The van der Waals surface area contributed by atoms with Crippen LogP contribution in [0.3, 0.4) is 0 Å². The highest BCUT2D eigenvalue weighted by Crippen LogP contribution is 2.22. The lowest BCUT2D eigenvalue weighted by Gasteiger charge is -2.32. The number of H-pyrrole nitrogens is 1. The van der Waals surface area contributed by atoms with Gasteiger partial charge in [-0.25, -0.2) is 4.98 Å². The molecule has 1 fully saturated rings. The van der Waals surface area contributed by atoms with Gasteiger partial charge in [-0.3, -0.25) is 9.89 Å². The lowest BCUT2D eigenvalue weighted by Crippen LogP contribution is -2.43. The zero-order valence-corrected chi connectivity index (χ0v) is 18.2. The number of aromatic amines is 1. The second-order valence-electron chi connectivity index (χ2n) is 7.11. The highest BCUT2D eigenvalue weighted by Gasteiger charge is 2.27. The summed E-state index contributed by atoms with van der Waals surface area (Å²) in [5.41, 5.74) is 2.58. The van der Waals surface area contributed by atoms with Gasteiger partial charge in [0.2, 0.25) is 5.91 Å². The van der Waals surface area contributed by atoms with Gasteiger partial charge in [0.1, 0.15) is 11.9 Å². The summed E-state index contributed by atoms with van der Waals surface area (Å²) in [6.07, 6.45) is 0.764. The number of aromatic nitrogens is 3. The summed E-state index contributed by atoms with van der Waals surface area (Å²) >= 11 is 7.53. The van der Waals surface area contributed by atoms with Crippen LogP contribution in [0.4, 0.5) is 0 Å². The molecular formula is C21H23ClN4O3S. The fourth-order valence-electron chi connectivity index (χ4n) is 3.32. The second-order valence-corrected chi connectivity index (χ2v) is 8.61. The molecule has 1 aliphatic heterocycles. The number of hydrogen-bond acceptors (Lipinski definition) is 6. The Kier molecular flexibility index (Phi) is 6.66. The minimum atomic E-state index is -0.237. The summed E-state index contributed by atoms with van der Waals surface area (Å²) in [7, 11) is 0. The number of thiazole rings is 1. The number of ether oxygens (including phenoxy) is 2. The van der Waals surface area contributed by atoms with E-state index in [1.54, 1.807) is 17.4 Å². The first-order valence-corrected chi connectivity index (χ1v) is 11.1. The Labute approximate surface area is 184 Å². The number of rotatable bonds is 7. The Morgan fingerprint density at radius 2 is 2.33 bits per heavy atom. The Morgan fingerprint density at radius 1 is 1.43 bits per heavy atom. The van der Waals surface area contributed by atoms with Gasteiger partial charge < -0.3 is 14.4 Å². The largest absolute Gasteiger partial charge is 0.493 e. The Morgan fingerprint density at radius 3 is 3.13 bits per heavy atom. The molecule has 7 nitrogen and oxygen atoms in total. The number of nitrogens with zero attached hydrogens (tertiary/aromatic N) is 3. The van der Waals surface area contributed by atoms with Crippen molar-refractivity contribution in [2.75, 3.05) is 26.3 Å². The predicted molar refractivity (Wildman–Crippen MR) is 115 cm³/mol. The molecule has 1 atom stereocenters. The van der Waals surface area contributed by atoms with Gasteiger partial charge in [0.25, 0.3) is 0 Å². The summed E-state index contributed by atoms with van der Waals surface area (Å²) in [6, 6.07) is 9.30. The molecule has 1 aliphatic rings. The monoisotopic (exact) mass is 446 g/mol. The zero-order valence-electron chi connectivity index (χ0n) is 16.6. The van der Waals surface area contributed by atoms with Crippen molar-refractivity contribution in [3.05, 3.63) is 62.8 Å². The fraction of sp³-hybridized carbons (Fsp3) is 0.381. The maximum atomic E-state index is 12.6. The molecule has 0 saturated carbocycles. The summed E-state index contributed by atoms with van der Waals surface area (Å²) in [4.78, 5) is 18.9. The van der Waals surface area contributed by atoms with E-state index in [1.165, 1.54) is 0 Å². The quantitative estimate of drug-likeness (QED) is 0.599. The van der Waals surface area contributed by atoms with Crippen molar-refractivity contribution in [3.8, 4) is 5.75 Å². The van der Waals surface area contributed by atoms with Crippen LogP contribution in [0.15, 0.2) is 35.7 Å². The molecule has 1 saturated heterocycles. The Balaban J connectivity index is 1.29. The number of nitrogens with one attached hydrogen (secondary N) is 1. The molecule has 0 spiro atoms. The highest BCUT2D eigenvalue weighted by atomic mass is 35.5. The summed E-state index contributed by atoms with van der Waals surface area (Å²) in [6.45, 7) is 4.02. The third-order valence-corrected chi connectivity index (χ3v) is 5.89. The van der Waals surface area contributed by atoms with Gasteiger partial charge in [0.15, 0.2) is 0 Å². The minimum absolute atomic E-state index is 0.0688. The lowest BCUT2D eigenvalue weighted by atomic mass is 10.1. The van der Waals surface area contributed by atoms with Crippen LogP contribution in [0.25, 0.3) is 0 Å². The second kappa shape index (κ2) is 9.59. The number of halogens is 1. The van der Waals surface area contributed by atoms with Crippen molar-refractivity contribution in [2.45, 2.75) is 25.9 Å². The van der Waals surface area contributed by atoms with Crippen LogP contribution < -0.4 is 4.74 Å². The van der Waals surface area contributed by atoms with Crippen molar-refractivity contribution in [1.82, 2.24) is 20.1 Å². The summed E-state index contributed by atoms with van der Waals surface area (Å²) in [5.74, 6) is 0.807. The van der Waals surface area contributed by atoms with Crippen LogP contribution in [-0.2, 0) is 22.4 Å². The first-order chi connectivity index (χ1) is 14.6. The topological polar surface area (TPSA) is 80.3 Å². The van der Waals surface area contributed by atoms with E-state index >= 15 is 0 Å². The van der Waals surface area contributed by atoms with E-state index in [4.69, 9.17) is 21.1 Å². The van der Waals surface area contributed by atoms with E-state index in [1.807, 2.05) is 41.5 Å². The van der Waals surface area contributed by atoms with E-state index in [2.05, 4.69) is 15.2 Å². The fourth-order valence-corrected chi connectivity index (χ4v) is 4.11. The van der Waals surface area contributed by atoms with Gasteiger partial charge in [-0.05, 0) is 31.2 Å². The van der Waals surface area contributed by atoms with E-state index in [0.29, 0.717) is 44.2 Å². The average molecular weight is 447 g/mol. The SMILES string of the molecule is Cc1nc(CC(=O)N2CCO[C@H](c3cc(CCOc4cccc(Cl)c4)[nH]n3)C2)cs1. The van der Waals surface area contributed by atoms with Gasteiger partial charge in [-0.2, -0.15) is 5.10 Å². The van der Waals surface area contributed by atoms with Crippen LogP contribution in [0.1, 0.15) is 28.2 Å². The van der Waals surface area contributed by atoms with Crippen LogP contribution in [0.2, 0.25) is 5.02 Å². The van der Waals surface area contributed by atoms with Gasteiger partial charge in [-0.15, -0.1) is 11.3 Å². The van der Waals surface area contributed by atoms with Crippen molar-refractivity contribution >= 4 is 28.8 Å². The molecule has 3 aromatic rings. The zero-order chi connectivity index (χ0) is 20.9. The summed E-state index contributed by atoms with van der Waals surface area (Å²) < 4.78 is 11.6. The molecule has 1 N–H and O–H groups in total. The van der Waals surface area contributed by atoms with Crippen molar-refractivity contribution in [3.63, 3.8) is 0 Å². The smallest absolute Gasteiger partial charge is 0.228 e. The van der Waals surface area contributed by atoms with Crippen LogP contribution >= 0.6 is 22.9 Å². The lowest BCUT2D eigenvalue weighted by molar-refractivity contribution is -0.138. The number of aryl methyl sites for hydroxylation is 1. The van der Waals surface area contributed by atoms with Crippen LogP contribution in [-0.4, -0.2) is 52.3 Å².